The van der Waals surface area contributed by atoms with Gasteiger partial charge in [0.2, 0.25) is 0 Å². The summed E-state index contributed by atoms with van der Waals surface area (Å²) in [5.41, 5.74) is 0. The van der Waals surface area contributed by atoms with Crippen molar-refractivity contribution in [1.29, 1.82) is 0 Å². The Kier molecular flexibility index (Phi) is 5.20. The Morgan fingerprint density at radius 1 is 1.29 bits per heavy atom. The van der Waals surface area contributed by atoms with Gasteiger partial charge in [-0.25, -0.2) is 0 Å². The quantitative estimate of drug-likeness (QED) is 0.752. The fraction of sp³-hybridized carbons (Fsp3) is 0.667. The first-order chi connectivity index (χ1) is 6.77. The van der Waals surface area contributed by atoms with Crippen molar-refractivity contribution in [3.63, 3.8) is 0 Å². The fourth-order valence-corrected chi connectivity index (χ4v) is 2.58. The molecule has 0 aliphatic rings. The molecule has 0 spiro atoms. The standard InChI is InChI=1S/C12H21NS/c1-4-6-11(13-9-5-2)12-8-7-10(3)14-12/h7-8,11,13H,4-6,9H2,1-3H3. The number of rotatable bonds is 6. The maximum Gasteiger partial charge on any atom is 0.0414 e. The van der Waals surface area contributed by atoms with Crippen molar-refractivity contribution in [3.05, 3.63) is 21.9 Å². The van der Waals surface area contributed by atoms with Crippen LogP contribution in [-0.2, 0) is 0 Å². The molecule has 0 saturated carbocycles. The van der Waals surface area contributed by atoms with Crippen molar-refractivity contribution in [2.75, 3.05) is 6.54 Å². The second-order valence-electron chi connectivity index (χ2n) is 3.74. The van der Waals surface area contributed by atoms with Gasteiger partial charge in [0.05, 0.1) is 0 Å². The Labute approximate surface area is 91.5 Å². The lowest BCUT2D eigenvalue weighted by molar-refractivity contribution is 0.501. The summed E-state index contributed by atoms with van der Waals surface area (Å²) in [7, 11) is 0. The third-order valence-electron chi connectivity index (χ3n) is 2.32. The minimum absolute atomic E-state index is 0.582. The van der Waals surface area contributed by atoms with Crippen LogP contribution in [0.5, 0.6) is 0 Å². The molecule has 1 atom stereocenters. The van der Waals surface area contributed by atoms with Crippen molar-refractivity contribution >= 4 is 11.3 Å². The van der Waals surface area contributed by atoms with E-state index in [4.69, 9.17) is 0 Å². The smallest absolute Gasteiger partial charge is 0.0414 e. The minimum Gasteiger partial charge on any atom is -0.309 e. The Bertz CT molecular complexity index is 255. The predicted molar refractivity (Wildman–Crippen MR) is 65.0 cm³/mol. The summed E-state index contributed by atoms with van der Waals surface area (Å²) in [6.07, 6.45) is 3.71. The molecule has 0 radical (unpaired) electrons. The lowest BCUT2D eigenvalue weighted by Gasteiger charge is -2.15. The van der Waals surface area contributed by atoms with E-state index in [0.717, 1.165) is 6.54 Å². The molecular weight excluding hydrogens is 190 g/mol. The first kappa shape index (κ1) is 11.7. The number of hydrogen-bond acceptors (Lipinski definition) is 2. The van der Waals surface area contributed by atoms with Gasteiger partial charge in [-0.3, -0.25) is 0 Å². The molecule has 14 heavy (non-hydrogen) atoms. The van der Waals surface area contributed by atoms with Crippen molar-refractivity contribution < 1.29 is 0 Å². The van der Waals surface area contributed by atoms with E-state index in [1.54, 1.807) is 0 Å². The number of nitrogens with one attached hydrogen (secondary N) is 1. The Morgan fingerprint density at radius 2 is 2.07 bits per heavy atom. The third-order valence-corrected chi connectivity index (χ3v) is 3.44. The van der Waals surface area contributed by atoms with Gasteiger partial charge in [-0.1, -0.05) is 20.3 Å². The van der Waals surface area contributed by atoms with Crippen LogP contribution in [0, 0.1) is 6.92 Å². The molecule has 80 valence electrons. The van der Waals surface area contributed by atoms with Gasteiger partial charge in [0, 0.05) is 15.8 Å². The second kappa shape index (κ2) is 6.20. The van der Waals surface area contributed by atoms with Gasteiger partial charge < -0.3 is 5.32 Å². The summed E-state index contributed by atoms with van der Waals surface area (Å²) in [6, 6.07) is 5.07. The van der Waals surface area contributed by atoms with Gasteiger partial charge in [-0.15, -0.1) is 11.3 Å². The van der Waals surface area contributed by atoms with E-state index in [-0.39, 0.29) is 0 Å². The normalized spacial score (nSPS) is 13.1. The van der Waals surface area contributed by atoms with E-state index in [9.17, 15) is 0 Å². The van der Waals surface area contributed by atoms with E-state index < -0.39 is 0 Å². The maximum atomic E-state index is 3.61. The molecule has 0 amide bonds. The lowest BCUT2D eigenvalue weighted by Crippen LogP contribution is -2.21. The molecule has 1 aromatic heterocycles. The molecule has 2 heteroatoms. The van der Waals surface area contributed by atoms with Crippen LogP contribution in [0.25, 0.3) is 0 Å². The van der Waals surface area contributed by atoms with Crippen molar-refractivity contribution in [2.24, 2.45) is 0 Å². The molecule has 1 nitrogen and oxygen atoms in total. The summed E-state index contributed by atoms with van der Waals surface area (Å²) in [5.74, 6) is 0. The number of thiophene rings is 1. The van der Waals surface area contributed by atoms with Crippen LogP contribution in [0.1, 0.15) is 48.9 Å². The summed E-state index contributed by atoms with van der Waals surface area (Å²) in [5, 5.41) is 3.61. The van der Waals surface area contributed by atoms with E-state index >= 15 is 0 Å². The molecule has 1 heterocycles. The molecule has 0 aromatic carbocycles. The Hall–Kier alpha value is -0.340. The molecule has 0 bridgehead atoms. The Balaban J connectivity index is 2.57. The summed E-state index contributed by atoms with van der Waals surface area (Å²) >= 11 is 1.92. The van der Waals surface area contributed by atoms with Gasteiger partial charge in [-0.05, 0) is 38.4 Å². The average molecular weight is 211 g/mol. The molecule has 1 rings (SSSR count). The predicted octanol–water partition coefficient (Wildman–Crippen LogP) is 3.90. The van der Waals surface area contributed by atoms with E-state index in [2.05, 4.69) is 38.2 Å². The molecule has 1 aromatic rings. The second-order valence-corrected chi connectivity index (χ2v) is 5.06. The zero-order chi connectivity index (χ0) is 10.4. The van der Waals surface area contributed by atoms with Gasteiger partial charge in [0.25, 0.3) is 0 Å². The van der Waals surface area contributed by atoms with Crippen LogP contribution in [0.3, 0.4) is 0 Å². The van der Waals surface area contributed by atoms with Crippen LogP contribution in [0.4, 0.5) is 0 Å². The summed E-state index contributed by atoms with van der Waals surface area (Å²) in [6.45, 7) is 7.77. The van der Waals surface area contributed by atoms with E-state index in [1.807, 2.05) is 11.3 Å². The summed E-state index contributed by atoms with van der Waals surface area (Å²) < 4.78 is 0. The number of hydrogen-bond donors (Lipinski definition) is 1. The zero-order valence-corrected chi connectivity index (χ0v) is 10.3. The summed E-state index contributed by atoms with van der Waals surface area (Å²) in [4.78, 5) is 2.91. The highest BCUT2D eigenvalue weighted by Gasteiger charge is 2.10. The zero-order valence-electron chi connectivity index (χ0n) is 9.47. The van der Waals surface area contributed by atoms with Crippen LogP contribution in [0.15, 0.2) is 12.1 Å². The van der Waals surface area contributed by atoms with Gasteiger partial charge >= 0.3 is 0 Å². The van der Waals surface area contributed by atoms with Gasteiger partial charge in [0.15, 0.2) is 0 Å². The third kappa shape index (κ3) is 3.43. The average Bonchev–Trinajstić information content (AvgIpc) is 2.59. The van der Waals surface area contributed by atoms with Gasteiger partial charge in [-0.2, -0.15) is 0 Å². The van der Waals surface area contributed by atoms with Crippen molar-refractivity contribution in [2.45, 2.75) is 46.1 Å². The number of aryl methyl sites for hydroxylation is 1. The molecule has 0 aliphatic heterocycles. The highest BCUT2D eigenvalue weighted by molar-refractivity contribution is 7.12. The van der Waals surface area contributed by atoms with Crippen LogP contribution >= 0.6 is 11.3 Å². The molecule has 1 unspecified atom stereocenters. The lowest BCUT2D eigenvalue weighted by atomic mass is 10.1. The van der Waals surface area contributed by atoms with Crippen LogP contribution < -0.4 is 5.32 Å². The SMILES string of the molecule is CCCNC(CCC)c1ccc(C)s1. The first-order valence-corrected chi connectivity index (χ1v) is 6.39. The molecule has 0 fully saturated rings. The van der Waals surface area contributed by atoms with E-state index in [0.29, 0.717) is 6.04 Å². The topological polar surface area (TPSA) is 12.0 Å². The molecule has 1 N–H and O–H groups in total. The Morgan fingerprint density at radius 3 is 2.57 bits per heavy atom. The first-order valence-electron chi connectivity index (χ1n) is 5.57. The van der Waals surface area contributed by atoms with Crippen LogP contribution in [0.2, 0.25) is 0 Å². The van der Waals surface area contributed by atoms with E-state index in [1.165, 1.54) is 29.0 Å². The monoisotopic (exact) mass is 211 g/mol. The highest BCUT2D eigenvalue weighted by atomic mass is 32.1. The van der Waals surface area contributed by atoms with Crippen molar-refractivity contribution in [3.8, 4) is 0 Å². The fourth-order valence-electron chi connectivity index (χ4n) is 1.59. The highest BCUT2D eigenvalue weighted by Crippen LogP contribution is 2.25. The van der Waals surface area contributed by atoms with Gasteiger partial charge in [0.1, 0.15) is 0 Å². The largest absolute Gasteiger partial charge is 0.309 e. The molecule has 0 aliphatic carbocycles. The minimum atomic E-state index is 0.582. The molecular formula is C12H21NS. The molecule has 0 saturated heterocycles. The van der Waals surface area contributed by atoms with Crippen molar-refractivity contribution in [1.82, 2.24) is 5.32 Å². The maximum absolute atomic E-state index is 3.61. The van der Waals surface area contributed by atoms with Crippen LogP contribution in [-0.4, -0.2) is 6.54 Å².